The van der Waals surface area contributed by atoms with Gasteiger partial charge in [0.1, 0.15) is 0 Å². The molecular formula is C19H14ClF3N4O2. The number of nitrogens with one attached hydrogen (secondary N) is 3. The van der Waals surface area contributed by atoms with E-state index in [4.69, 9.17) is 11.6 Å². The van der Waals surface area contributed by atoms with Gasteiger partial charge in [0.05, 0.1) is 18.3 Å². The van der Waals surface area contributed by atoms with Crippen molar-refractivity contribution < 1.29 is 22.8 Å². The van der Waals surface area contributed by atoms with Gasteiger partial charge in [-0.3, -0.25) is 9.59 Å². The molecule has 0 saturated carbocycles. The first-order valence-electron chi connectivity index (χ1n) is 8.27. The molecule has 3 rings (SSSR count). The third kappa shape index (κ3) is 5.35. The van der Waals surface area contributed by atoms with E-state index >= 15 is 0 Å². The molecule has 2 amide bonds. The van der Waals surface area contributed by atoms with Crippen LogP contribution in [0.4, 0.5) is 13.2 Å². The van der Waals surface area contributed by atoms with Crippen molar-refractivity contribution in [2.75, 3.05) is 6.54 Å². The number of amides is 2. The third-order valence-electron chi connectivity index (χ3n) is 3.88. The Hall–Kier alpha value is -3.33. The SMILES string of the molecule is O=C(CNC(=O)c1cc(Cl)cc(C(F)(F)F)c1)N/N=C/c1ccc2[nH]ccc2c1. The minimum absolute atomic E-state index is 0.238. The van der Waals surface area contributed by atoms with Crippen LogP contribution < -0.4 is 10.7 Å². The van der Waals surface area contributed by atoms with Gasteiger partial charge in [0.2, 0.25) is 0 Å². The number of carbonyl (C=O) groups is 2. The van der Waals surface area contributed by atoms with E-state index in [9.17, 15) is 22.8 Å². The highest BCUT2D eigenvalue weighted by molar-refractivity contribution is 6.31. The van der Waals surface area contributed by atoms with Gasteiger partial charge in [-0.25, -0.2) is 5.43 Å². The molecule has 2 aromatic carbocycles. The molecule has 0 aliphatic rings. The molecule has 0 aliphatic carbocycles. The molecule has 0 bridgehead atoms. The minimum atomic E-state index is -4.64. The van der Waals surface area contributed by atoms with Crippen LogP contribution in [-0.4, -0.2) is 29.6 Å². The van der Waals surface area contributed by atoms with Crippen molar-refractivity contribution in [1.82, 2.24) is 15.7 Å². The quantitative estimate of drug-likeness (QED) is 0.432. The zero-order chi connectivity index (χ0) is 21.0. The van der Waals surface area contributed by atoms with Gasteiger partial charge >= 0.3 is 6.18 Å². The van der Waals surface area contributed by atoms with Gasteiger partial charge in [-0.15, -0.1) is 0 Å². The number of alkyl halides is 3. The maximum atomic E-state index is 12.8. The van der Waals surface area contributed by atoms with Crippen molar-refractivity contribution in [3.05, 3.63) is 70.4 Å². The van der Waals surface area contributed by atoms with Crippen LogP contribution in [0.3, 0.4) is 0 Å². The summed E-state index contributed by atoms with van der Waals surface area (Å²) in [4.78, 5) is 26.9. The first-order chi connectivity index (χ1) is 13.7. The number of hydrogen-bond donors (Lipinski definition) is 3. The zero-order valence-electron chi connectivity index (χ0n) is 14.7. The van der Waals surface area contributed by atoms with Gasteiger partial charge in [-0.05, 0) is 47.3 Å². The van der Waals surface area contributed by atoms with Crippen molar-refractivity contribution >= 4 is 40.5 Å². The molecule has 0 fully saturated rings. The van der Waals surface area contributed by atoms with E-state index in [1.54, 1.807) is 12.3 Å². The monoisotopic (exact) mass is 422 g/mol. The van der Waals surface area contributed by atoms with Crippen LogP contribution >= 0.6 is 11.6 Å². The number of carbonyl (C=O) groups excluding carboxylic acids is 2. The molecule has 29 heavy (non-hydrogen) atoms. The fraction of sp³-hybridized carbons (Fsp3) is 0.105. The maximum Gasteiger partial charge on any atom is 0.416 e. The predicted octanol–water partition coefficient (Wildman–Crippen LogP) is 3.72. The Bertz CT molecular complexity index is 1090. The Morgan fingerprint density at radius 2 is 1.93 bits per heavy atom. The number of nitrogens with zero attached hydrogens (tertiary/aromatic N) is 1. The average Bonchev–Trinajstić information content (AvgIpc) is 3.12. The molecular weight excluding hydrogens is 409 g/mol. The molecule has 0 aliphatic heterocycles. The van der Waals surface area contributed by atoms with Gasteiger partial charge < -0.3 is 10.3 Å². The number of hydrogen-bond acceptors (Lipinski definition) is 3. The lowest BCUT2D eigenvalue weighted by Gasteiger charge is -2.10. The van der Waals surface area contributed by atoms with Crippen LogP contribution in [0.15, 0.2) is 53.8 Å². The average molecular weight is 423 g/mol. The largest absolute Gasteiger partial charge is 0.416 e. The molecule has 0 radical (unpaired) electrons. The third-order valence-corrected chi connectivity index (χ3v) is 4.10. The second-order valence-corrected chi connectivity index (χ2v) is 6.46. The van der Waals surface area contributed by atoms with Crippen molar-refractivity contribution in [3.63, 3.8) is 0 Å². The summed E-state index contributed by atoms with van der Waals surface area (Å²) in [6.45, 7) is -0.471. The summed E-state index contributed by atoms with van der Waals surface area (Å²) in [5.74, 6) is -1.51. The topological polar surface area (TPSA) is 86.3 Å². The first kappa shape index (κ1) is 20.4. The number of aromatic nitrogens is 1. The van der Waals surface area contributed by atoms with E-state index in [1.165, 1.54) is 6.21 Å². The summed E-state index contributed by atoms with van der Waals surface area (Å²) >= 11 is 5.64. The van der Waals surface area contributed by atoms with Gasteiger partial charge in [0.15, 0.2) is 0 Å². The highest BCUT2D eigenvalue weighted by Gasteiger charge is 2.31. The standard InChI is InChI=1S/C19H14ClF3N4O2/c20-15-7-13(6-14(8-15)19(21,22)23)18(29)25-10-17(28)27-26-9-11-1-2-16-12(5-11)3-4-24-16/h1-9,24H,10H2,(H,25,29)(H,27,28)/b26-9+. The van der Waals surface area contributed by atoms with Crippen LogP contribution in [0.2, 0.25) is 5.02 Å². The number of aromatic amines is 1. The van der Waals surface area contributed by atoms with E-state index in [0.717, 1.165) is 22.5 Å². The van der Waals surface area contributed by atoms with E-state index in [1.807, 2.05) is 18.2 Å². The molecule has 1 heterocycles. The highest BCUT2D eigenvalue weighted by Crippen LogP contribution is 2.31. The normalized spacial score (nSPS) is 11.7. The summed E-state index contributed by atoms with van der Waals surface area (Å²) in [5, 5.41) is 6.75. The summed E-state index contributed by atoms with van der Waals surface area (Å²) in [5.41, 5.74) is 2.58. The molecule has 10 heteroatoms. The molecule has 3 aromatic rings. The molecule has 6 nitrogen and oxygen atoms in total. The second kappa shape index (κ2) is 8.36. The van der Waals surface area contributed by atoms with Crippen LogP contribution in [-0.2, 0) is 11.0 Å². The van der Waals surface area contributed by atoms with Crippen molar-refractivity contribution in [2.45, 2.75) is 6.18 Å². The molecule has 0 spiro atoms. The number of hydrazone groups is 1. The Morgan fingerprint density at radius 1 is 1.14 bits per heavy atom. The van der Waals surface area contributed by atoms with Crippen LogP contribution in [0.5, 0.6) is 0 Å². The second-order valence-electron chi connectivity index (χ2n) is 6.03. The Kier molecular flexibility index (Phi) is 5.88. The lowest BCUT2D eigenvalue weighted by molar-refractivity contribution is -0.137. The van der Waals surface area contributed by atoms with E-state index in [-0.39, 0.29) is 10.6 Å². The Balaban J connectivity index is 1.55. The van der Waals surface area contributed by atoms with Crippen LogP contribution in [0.1, 0.15) is 21.5 Å². The molecule has 0 atom stereocenters. The number of benzene rings is 2. The molecule has 0 saturated heterocycles. The fourth-order valence-corrected chi connectivity index (χ4v) is 2.75. The van der Waals surface area contributed by atoms with Crippen LogP contribution in [0, 0.1) is 0 Å². The Labute approximate surface area is 167 Å². The molecule has 0 unspecified atom stereocenters. The van der Waals surface area contributed by atoms with E-state index in [0.29, 0.717) is 12.1 Å². The van der Waals surface area contributed by atoms with E-state index < -0.39 is 30.1 Å². The van der Waals surface area contributed by atoms with Crippen LogP contribution in [0.25, 0.3) is 10.9 Å². The van der Waals surface area contributed by atoms with Gasteiger partial charge in [0, 0.05) is 22.3 Å². The smallest absolute Gasteiger partial charge is 0.361 e. The van der Waals surface area contributed by atoms with Gasteiger partial charge in [-0.2, -0.15) is 18.3 Å². The van der Waals surface area contributed by atoms with Crippen molar-refractivity contribution in [3.8, 4) is 0 Å². The summed E-state index contributed by atoms with van der Waals surface area (Å²) in [7, 11) is 0. The zero-order valence-corrected chi connectivity index (χ0v) is 15.4. The minimum Gasteiger partial charge on any atom is -0.361 e. The lowest BCUT2D eigenvalue weighted by atomic mass is 10.1. The maximum absolute atomic E-state index is 12.8. The summed E-state index contributed by atoms with van der Waals surface area (Å²) in [6.07, 6.45) is -1.41. The first-order valence-corrected chi connectivity index (χ1v) is 8.65. The van der Waals surface area contributed by atoms with Crippen molar-refractivity contribution in [2.24, 2.45) is 5.10 Å². The number of rotatable bonds is 5. The molecule has 1 aromatic heterocycles. The molecule has 150 valence electrons. The predicted molar refractivity (Wildman–Crippen MR) is 103 cm³/mol. The number of H-pyrrole nitrogens is 1. The highest BCUT2D eigenvalue weighted by atomic mass is 35.5. The summed E-state index contributed by atoms with van der Waals surface area (Å²) < 4.78 is 38.4. The number of halogens is 4. The van der Waals surface area contributed by atoms with Gasteiger partial charge in [0.25, 0.3) is 11.8 Å². The van der Waals surface area contributed by atoms with Crippen molar-refractivity contribution in [1.29, 1.82) is 0 Å². The van der Waals surface area contributed by atoms with E-state index in [2.05, 4.69) is 20.8 Å². The lowest BCUT2D eigenvalue weighted by Crippen LogP contribution is -2.35. The summed E-state index contributed by atoms with van der Waals surface area (Å²) in [6, 6.07) is 9.87. The van der Waals surface area contributed by atoms with Gasteiger partial charge in [-0.1, -0.05) is 17.7 Å². The Morgan fingerprint density at radius 3 is 2.69 bits per heavy atom. The fourth-order valence-electron chi connectivity index (χ4n) is 2.52. The number of fused-ring (bicyclic) bond motifs is 1. The molecule has 3 N–H and O–H groups in total.